The molecule has 3 aromatic rings. The van der Waals surface area contributed by atoms with Crippen molar-refractivity contribution in [2.75, 3.05) is 0 Å². The van der Waals surface area contributed by atoms with Crippen LogP contribution in [0.15, 0.2) is 43.0 Å². The molecule has 1 aromatic carbocycles. The van der Waals surface area contributed by atoms with Crippen molar-refractivity contribution in [3.63, 3.8) is 0 Å². The minimum absolute atomic E-state index is 0.761. The lowest BCUT2D eigenvalue weighted by molar-refractivity contribution is 0.814. The molecule has 0 fully saturated rings. The molecule has 0 aliphatic carbocycles. The average molecular weight is 232 g/mol. The van der Waals surface area contributed by atoms with Gasteiger partial charge in [-0.3, -0.25) is 0 Å². The fourth-order valence-electron chi connectivity index (χ4n) is 1.85. The highest BCUT2D eigenvalue weighted by atomic mass is 35.5. The summed E-state index contributed by atoms with van der Waals surface area (Å²) in [6.07, 6.45) is 5.58. The van der Waals surface area contributed by atoms with Crippen LogP contribution in [0, 0.1) is 0 Å². The van der Waals surface area contributed by atoms with Gasteiger partial charge < -0.3 is 9.55 Å². The number of imidazole rings is 1. The monoisotopic (exact) mass is 231 g/mol. The number of aromatic amines is 1. The van der Waals surface area contributed by atoms with Crippen LogP contribution in [0.3, 0.4) is 0 Å². The minimum atomic E-state index is 0.761. The second-order valence-electron chi connectivity index (χ2n) is 3.72. The van der Waals surface area contributed by atoms with E-state index in [0.717, 1.165) is 22.8 Å². The SMILES string of the molecule is Clc1ccc2ccn(Cc3cnc[nH]3)c2c1. The number of aromatic nitrogens is 3. The van der Waals surface area contributed by atoms with Gasteiger partial charge in [0.15, 0.2) is 0 Å². The highest BCUT2D eigenvalue weighted by Crippen LogP contribution is 2.21. The van der Waals surface area contributed by atoms with Gasteiger partial charge in [0.25, 0.3) is 0 Å². The third-order valence-corrected chi connectivity index (χ3v) is 2.87. The van der Waals surface area contributed by atoms with Crippen molar-refractivity contribution in [1.29, 1.82) is 0 Å². The number of fused-ring (bicyclic) bond motifs is 1. The summed E-state index contributed by atoms with van der Waals surface area (Å²) in [7, 11) is 0. The van der Waals surface area contributed by atoms with Crippen LogP contribution in [-0.2, 0) is 6.54 Å². The molecule has 0 aliphatic heterocycles. The Balaban J connectivity index is 2.07. The van der Waals surface area contributed by atoms with Crippen LogP contribution in [0.5, 0.6) is 0 Å². The Kier molecular flexibility index (Phi) is 2.18. The largest absolute Gasteiger partial charge is 0.347 e. The van der Waals surface area contributed by atoms with Crippen molar-refractivity contribution in [2.24, 2.45) is 0 Å². The first kappa shape index (κ1) is 9.48. The average Bonchev–Trinajstić information content (AvgIpc) is 2.90. The van der Waals surface area contributed by atoms with Gasteiger partial charge in [-0.25, -0.2) is 4.98 Å². The first-order chi connectivity index (χ1) is 7.83. The fourth-order valence-corrected chi connectivity index (χ4v) is 2.02. The Morgan fingerprint density at radius 3 is 3.06 bits per heavy atom. The summed E-state index contributed by atoms with van der Waals surface area (Å²) in [6.45, 7) is 0.782. The Hall–Kier alpha value is -1.74. The predicted octanol–water partition coefficient (Wildman–Crippen LogP) is 3.07. The molecule has 3 rings (SSSR count). The third-order valence-electron chi connectivity index (χ3n) is 2.63. The van der Waals surface area contributed by atoms with E-state index in [4.69, 9.17) is 11.6 Å². The van der Waals surface area contributed by atoms with E-state index < -0.39 is 0 Å². The van der Waals surface area contributed by atoms with Crippen LogP contribution in [0.1, 0.15) is 5.69 Å². The summed E-state index contributed by atoms with van der Waals surface area (Å²) in [5, 5.41) is 1.96. The Labute approximate surface area is 97.7 Å². The molecular weight excluding hydrogens is 222 g/mol. The van der Waals surface area contributed by atoms with E-state index in [1.807, 2.05) is 24.4 Å². The summed E-state index contributed by atoms with van der Waals surface area (Å²) < 4.78 is 2.15. The van der Waals surface area contributed by atoms with E-state index in [2.05, 4.69) is 26.8 Å². The normalized spacial score (nSPS) is 11.1. The molecule has 16 heavy (non-hydrogen) atoms. The van der Waals surface area contributed by atoms with E-state index in [-0.39, 0.29) is 0 Å². The number of nitrogens with zero attached hydrogens (tertiary/aromatic N) is 2. The van der Waals surface area contributed by atoms with Crippen molar-refractivity contribution < 1.29 is 0 Å². The molecule has 1 N–H and O–H groups in total. The number of rotatable bonds is 2. The second kappa shape index (κ2) is 3.68. The molecular formula is C12H10ClN3. The molecule has 0 bridgehead atoms. The smallest absolute Gasteiger partial charge is 0.0922 e. The Bertz CT molecular complexity index is 610. The van der Waals surface area contributed by atoms with Crippen molar-refractivity contribution >= 4 is 22.5 Å². The molecule has 0 unspecified atom stereocenters. The lowest BCUT2D eigenvalue weighted by Gasteiger charge is -2.03. The number of H-pyrrole nitrogens is 1. The molecule has 80 valence electrons. The highest BCUT2D eigenvalue weighted by Gasteiger charge is 2.02. The Morgan fingerprint density at radius 1 is 1.31 bits per heavy atom. The molecule has 0 saturated carbocycles. The number of nitrogens with one attached hydrogen (secondary N) is 1. The molecule has 0 aliphatic rings. The molecule has 2 heterocycles. The van der Waals surface area contributed by atoms with Gasteiger partial charge in [0.05, 0.1) is 18.6 Å². The summed E-state index contributed by atoms with van der Waals surface area (Å²) in [6, 6.07) is 8.00. The summed E-state index contributed by atoms with van der Waals surface area (Å²) in [5.41, 5.74) is 2.22. The fraction of sp³-hybridized carbons (Fsp3) is 0.0833. The second-order valence-corrected chi connectivity index (χ2v) is 4.16. The van der Waals surface area contributed by atoms with Gasteiger partial charge >= 0.3 is 0 Å². The molecule has 0 radical (unpaired) electrons. The zero-order valence-electron chi connectivity index (χ0n) is 8.52. The van der Waals surface area contributed by atoms with Crippen LogP contribution in [0.4, 0.5) is 0 Å². The molecule has 0 amide bonds. The number of hydrogen-bond acceptors (Lipinski definition) is 1. The molecule has 0 atom stereocenters. The van der Waals surface area contributed by atoms with E-state index in [9.17, 15) is 0 Å². The molecule has 4 heteroatoms. The molecule has 0 saturated heterocycles. The molecule has 3 nitrogen and oxygen atoms in total. The topological polar surface area (TPSA) is 33.6 Å². The van der Waals surface area contributed by atoms with Gasteiger partial charge in [-0.15, -0.1) is 0 Å². The maximum atomic E-state index is 6.00. The van der Waals surface area contributed by atoms with E-state index >= 15 is 0 Å². The standard InChI is InChI=1S/C12H10ClN3/c13-10-2-1-9-3-4-16(12(9)5-10)7-11-6-14-8-15-11/h1-6,8H,7H2,(H,14,15). The first-order valence-corrected chi connectivity index (χ1v) is 5.42. The summed E-state index contributed by atoms with van der Waals surface area (Å²) in [4.78, 5) is 7.10. The molecule has 2 aromatic heterocycles. The van der Waals surface area contributed by atoms with Crippen LogP contribution in [-0.4, -0.2) is 14.5 Å². The van der Waals surface area contributed by atoms with E-state index in [1.165, 1.54) is 5.39 Å². The van der Waals surface area contributed by atoms with Gasteiger partial charge in [-0.2, -0.15) is 0 Å². The third kappa shape index (κ3) is 1.59. The zero-order chi connectivity index (χ0) is 11.0. The van der Waals surface area contributed by atoms with Crippen molar-refractivity contribution in [2.45, 2.75) is 6.54 Å². The van der Waals surface area contributed by atoms with Gasteiger partial charge in [-0.05, 0) is 23.6 Å². The van der Waals surface area contributed by atoms with Crippen molar-refractivity contribution in [1.82, 2.24) is 14.5 Å². The van der Waals surface area contributed by atoms with Crippen molar-refractivity contribution in [3.05, 3.63) is 53.7 Å². The maximum absolute atomic E-state index is 6.00. The first-order valence-electron chi connectivity index (χ1n) is 5.04. The van der Waals surface area contributed by atoms with Gasteiger partial charge in [0, 0.05) is 22.9 Å². The van der Waals surface area contributed by atoms with Gasteiger partial charge in [0.2, 0.25) is 0 Å². The van der Waals surface area contributed by atoms with Crippen molar-refractivity contribution in [3.8, 4) is 0 Å². The van der Waals surface area contributed by atoms with E-state index in [1.54, 1.807) is 6.33 Å². The maximum Gasteiger partial charge on any atom is 0.0922 e. The predicted molar refractivity (Wildman–Crippen MR) is 64.6 cm³/mol. The van der Waals surface area contributed by atoms with Crippen LogP contribution in [0.2, 0.25) is 5.02 Å². The van der Waals surface area contributed by atoms with Crippen LogP contribution in [0.25, 0.3) is 10.9 Å². The number of halogens is 1. The minimum Gasteiger partial charge on any atom is -0.347 e. The number of hydrogen-bond donors (Lipinski definition) is 1. The summed E-state index contributed by atoms with van der Waals surface area (Å²) in [5.74, 6) is 0. The Morgan fingerprint density at radius 2 is 2.25 bits per heavy atom. The lowest BCUT2D eigenvalue weighted by Crippen LogP contribution is -1.97. The van der Waals surface area contributed by atoms with Crippen LogP contribution < -0.4 is 0 Å². The number of benzene rings is 1. The molecule has 0 spiro atoms. The zero-order valence-corrected chi connectivity index (χ0v) is 9.28. The lowest BCUT2D eigenvalue weighted by atomic mass is 10.2. The highest BCUT2D eigenvalue weighted by molar-refractivity contribution is 6.31. The van der Waals surface area contributed by atoms with Crippen LogP contribution >= 0.6 is 11.6 Å². The van der Waals surface area contributed by atoms with E-state index in [0.29, 0.717) is 0 Å². The quantitative estimate of drug-likeness (QED) is 0.723. The van der Waals surface area contributed by atoms with Gasteiger partial charge in [0.1, 0.15) is 0 Å². The summed E-state index contributed by atoms with van der Waals surface area (Å²) >= 11 is 6.00. The van der Waals surface area contributed by atoms with Gasteiger partial charge in [-0.1, -0.05) is 17.7 Å².